The maximum atomic E-state index is 8.88. The van der Waals surface area contributed by atoms with Gasteiger partial charge in [-0.15, -0.1) is 46.2 Å². The summed E-state index contributed by atoms with van der Waals surface area (Å²) in [6.45, 7) is 11.7. The largest absolute Gasteiger partial charge is 4.00 e. The minimum Gasteiger partial charge on any atom is -0.657 e. The number of rotatable bonds is 6. The Morgan fingerprint density at radius 1 is 0.593 bits per heavy atom. The summed E-state index contributed by atoms with van der Waals surface area (Å²) < 4.78 is 49.5. The first-order chi connectivity index (χ1) is 30.4. The van der Waals surface area contributed by atoms with Crippen LogP contribution < -0.4 is 24.6 Å². The second kappa shape index (κ2) is 16.7. The number of fused-ring (bicyclic) bond motifs is 5. The van der Waals surface area contributed by atoms with Crippen molar-refractivity contribution in [3.8, 4) is 23.3 Å². The monoisotopic (exact) mass is 958 g/mol. The Hall–Kier alpha value is -6.01. The average molecular weight is 959 g/mol. The van der Waals surface area contributed by atoms with Crippen molar-refractivity contribution in [2.75, 3.05) is 33.6 Å². The fourth-order valence-electron chi connectivity index (χ4n) is 7.81. The Kier molecular flexibility index (Phi) is 9.59. The van der Waals surface area contributed by atoms with Crippen LogP contribution in [0.15, 0.2) is 109 Å². The average Bonchev–Trinajstić information content (AvgIpc) is 3.97. The molecule has 0 bridgehead atoms. The molecule has 0 spiro atoms. The van der Waals surface area contributed by atoms with Crippen LogP contribution in [0.1, 0.15) is 95.3 Å². The van der Waals surface area contributed by atoms with Crippen LogP contribution in [0.3, 0.4) is 0 Å². The molecule has 296 valence electrons. The third kappa shape index (κ3) is 7.69. The molecule has 0 atom stereocenters. The molecular weight excluding hydrogens is 906 g/mol. The molecule has 59 heavy (non-hydrogen) atoms. The number of para-hydroxylation sites is 4. The number of aromatic nitrogens is 1. The topological polar surface area (TPSA) is 74.6 Å². The van der Waals surface area contributed by atoms with Crippen LogP contribution in [0.4, 0.5) is 34.1 Å². The van der Waals surface area contributed by atoms with E-state index >= 15 is 0 Å². The van der Waals surface area contributed by atoms with E-state index in [1.165, 1.54) is 26.5 Å². The second-order valence-electron chi connectivity index (χ2n) is 15.7. The fourth-order valence-corrected chi connectivity index (χ4v) is 7.81. The van der Waals surface area contributed by atoms with Crippen LogP contribution in [-0.2, 0) is 21.1 Å². The van der Waals surface area contributed by atoms with Crippen molar-refractivity contribution in [1.29, 1.82) is 10.5 Å². The fraction of sp³-hybridized carbons (Fsp3) is 0.216. The summed E-state index contributed by atoms with van der Waals surface area (Å²) in [5.74, 6) is 0.817. The van der Waals surface area contributed by atoms with Gasteiger partial charge in [-0.3, -0.25) is 0 Å². The van der Waals surface area contributed by atoms with Crippen molar-refractivity contribution in [2.24, 2.45) is 0 Å². The number of nitrogens with zero attached hydrogens (tertiary/aromatic N) is 7. The molecule has 9 rings (SSSR count). The van der Waals surface area contributed by atoms with Gasteiger partial charge < -0.3 is 24.6 Å². The molecule has 0 radical (unpaired) electrons. The summed E-state index contributed by atoms with van der Waals surface area (Å²) in [5.41, 5.74) is 12.6. The summed E-state index contributed by atoms with van der Waals surface area (Å²) >= 11 is 0. The van der Waals surface area contributed by atoms with Gasteiger partial charge in [-0.1, -0.05) is 90.1 Å². The molecule has 7 aromatic rings. The maximum absolute atomic E-state index is 8.88. The Bertz CT molecular complexity index is 2810. The number of anilines is 6. The third-order valence-electron chi connectivity index (χ3n) is 10.8. The summed E-state index contributed by atoms with van der Waals surface area (Å²) in [7, 11) is 0. The number of benzene rings is 6. The predicted molar refractivity (Wildman–Crippen MR) is 240 cm³/mol. The van der Waals surface area contributed by atoms with E-state index < -0.39 is 14.0 Å². The quantitative estimate of drug-likeness (QED) is 0.154. The van der Waals surface area contributed by atoms with Gasteiger partial charge in [0.1, 0.15) is 0 Å². The van der Waals surface area contributed by atoms with Crippen molar-refractivity contribution < 1.29 is 29.3 Å². The first-order valence-electron chi connectivity index (χ1n) is 22.5. The van der Waals surface area contributed by atoms with Gasteiger partial charge in [-0.25, -0.2) is 0 Å². The van der Waals surface area contributed by atoms with Gasteiger partial charge in [0.15, 0.2) is 0 Å². The minimum atomic E-state index is -2.39. The predicted octanol–water partition coefficient (Wildman–Crippen LogP) is 12.6. The number of hydrogen-bond donors (Lipinski definition) is 0. The van der Waals surface area contributed by atoms with E-state index in [-0.39, 0.29) is 32.9 Å². The molecule has 7 nitrogen and oxygen atoms in total. The molecule has 0 amide bonds. The van der Waals surface area contributed by atoms with Crippen LogP contribution >= 0.6 is 0 Å². The molecule has 6 aromatic carbocycles. The normalized spacial score (nSPS) is 15.0. The minimum absolute atomic E-state index is 0. The van der Waals surface area contributed by atoms with Gasteiger partial charge in [0.05, 0.1) is 23.3 Å². The molecule has 1 aromatic heterocycles. The zero-order chi connectivity index (χ0) is 45.8. The molecule has 0 saturated heterocycles. The molecule has 2 aliphatic heterocycles. The van der Waals surface area contributed by atoms with Crippen molar-refractivity contribution in [1.82, 2.24) is 4.98 Å². The van der Waals surface area contributed by atoms with E-state index in [1.54, 1.807) is 37.6 Å². The molecule has 0 fully saturated rings. The smallest absolute Gasteiger partial charge is 0.657 e. The van der Waals surface area contributed by atoms with E-state index in [0.29, 0.717) is 39.8 Å². The standard InChI is InChI=1S/C37H41N4.C14H6N3.Pt/c1-24(2)27-19-31(25(3)4)37(32(20-27)26(5)6)28-17-29(40-22-38(7)33-13-9-11-15-35(33)40)21-30(18-28)41-23-39(8)34-14-10-12-16-36(34)41;15-7-9-1-3-13-11(5-9)12-6-10(8-16)2-4-14(12)17-13;/h9-20,22-26H,1-8H3;1-6H;/q-3;-1;+4/i7D3,8D3;;. The molecule has 0 saturated carbocycles. The molecule has 0 N–H and O–H groups in total. The van der Waals surface area contributed by atoms with Crippen molar-refractivity contribution >= 4 is 55.9 Å². The van der Waals surface area contributed by atoms with Gasteiger partial charge in [0.25, 0.3) is 0 Å². The van der Waals surface area contributed by atoms with E-state index in [0.717, 1.165) is 44.3 Å². The van der Waals surface area contributed by atoms with Crippen molar-refractivity contribution in [3.63, 3.8) is 0 Å². The Labute approximate surface area is 371 Å². The van der Waals surface area contributed by atoms with E-state index in [1.807, 2.05) is 70.5 Å². The van der Waals surface area contributed by atoms with Crippen LogP contribution in [-0.4, -0.2) is 14.0 Å². The molecule has 3 heterocycles. The Morgan fingerprint density at radius 3 is 1.42 bits per heavy atom. The van der Waals surface area contributed by atoms with Gasteiger partial charge in [-0.2, -0.15) is 23.9 Å². The summed E-state index contributed by atoms with van der Waals surface area (Å²) in [6.07, 6.45) is 0. The SMILES string of the molecule is N#Cc1ccc2[n-]c3ccc(C#N)cc3c2c1.[2H]C([2H])([2H])N1[CH-]N(c2[c-]c(N3[CH-]N(C([2H])([2H])[2H])c4ccccc43)cc(-c3c(C(C)C)cc(C(C)C)cc3C(C)C)c2)c2ccccc21.[Pt+4]. The van der Waals surface area contributed by atoms with E-state index in [9.17, 15) is 0 Å². The Balaban J connectivity index is 0.000000292. The van der Waals surface area contributed by atoms with Crippen LogP contribution in [0, 0.1) is 42.1 Å². The van der Waals surface area contributed by atoms with Crippen LogP contribution in [0.25, 0.3) is 32.9 Å². The number of hydrogen-bond acceptors (Lipinski definition) is 6. The summed E-state index contributed by atoms with van der Waals surface area (Å²) in [6, 6.07) is 42.2. The first-order valence-corrected chi connectivity index (χ1v) is 19.5. The molecular formula is C51H47N7Pt. The van der Waals surface area contributed by atoms with Crippen LogP contribution in [0.5, 0.6) is 0 Å². The van der Waals surface area contributed by atoms with Crippen molar-refractivity contribution in [3.05, 3.63) is 156 Å². The zero-order valence-electron chi connectivity index (χ0n) is 39.7. The van der Waals surface area contributed by atoms with Gasteiger partial charge in [0.2, 0.25) is 0 Å². The van der Waals surface area contributed by atoms with Crippen molar-refractivity contribution in [2.45, 2.75) is 59.3 Å². The third-order valence-corrected chi connectivity index (χ3v) is 10.8. The molecule has 2 aliphatic rings. The summed E-state index contributed by atoms with van der Waals surface area (Å²) in [5, 5.41) is 19.6. The second-order valence-corrected chi connectivity index (χ2v) is 15.7. The van der Waals surface area contributed by atoms with Gasteiger partial charge >= 0.3 is 21.1 Å². The first kappa shape index (κ1) is 33.9. The number of nitriles is 2. The molecule has 0 unspecified atom stereocenters. The Morgan fingerprint density at radius 2 is 1.03 bits per heavy atom. The molecule has 8 heteroatoms. The van der Waals surface area contributed by atoms with E-state index in [4.69, 9.17) is 18.7 Å². The maximum Gasteiger partial charge on any atom is 4.00 e. The molecule has 0 aliphatic carbocycles. The van der Waals surface area contributed by atoms with Gasteiger partial charge in [-0.05, 0) is 113 Å². The zero-order valence-corrected chi connectivity index (χ0v) is 36.0. The van der Waals surface area contributed by atoms with Crippen LogP contribution in [0.2, 0.25) is 0 Å². The van der Waals surface area contributed by atoms with Gasteiger partial charge in [0, 0.05) is 31.0 Å². The van der Waals surface area contributed by atoms with E-state index in [2.05, 4.69) is 89.0 Å². The summed E-state index contributed by atoms with van der Waals surface area (Å²) in [4.78, 5) is 10.8.